The number of ether oxygens (including phenoxy) is 2. The van der Waals surface area contributed by atoms with Crippen LogP contribution in [-0.2, 0) is 19.1 Å². The lowest BCUT2D eigenvalue weighted by molar-refractivity contribution is -0.163. The molecule has 0 unspecified atom stereocenters. The van der Waals surface area contributed by atoms with Gasteiger partial charge in [0.15, 0.2) is 0 Å². The van der Waals surface area contributed by atoms with Gasteiger partial charge in [0.05, 0.1) is 24.5 Å². The number of cyclic esters (lactones) is 1. The van der Waals surface area contributed by atoms with Gasteiger partial charge in [-0.1, -0.05) is 37.3 Å². The monoisotopic (exact) mass is 444 g/mol. The average Bonchev–Trinajstić information content (AvgIpc) is 2.72. The number of aliphatic hydroxyl groups is 2. The maximum absolute atomic E-state index is 12.9. The van der Waals surface area contributed by atoms with Gasteiger partial charge in [-0.3, -0.25) is 9.59 Å². The Bertz CT molecular complexity index is 758. The van der Waals surface area contributed by atoms with Gasteiger partial charge in [-0.15, -0.1) is 13.2 Å². The van der Waals surface area contributed by atoms with Crippen molar-refractivity contribution >= 4 is 11.9 Å². The molecule has 3 aliphatic rings. The summed E-state index contributed by atoms with van der Waals surface area (Å²) in [5.74, 6) is -0.646. The fourth-order valence-corrected chi connectivity index (χ4v) is 5.44. The molecular weight excluding hydrogens is 408 g/mol. The van der Waals surface area contributed by atoms with Crippen LogP contribution in [0.4, 0.5) is 0 Å². The van der Waals surface area contributed by atoms with Crippen molar-refractivity contribution in [2.24, 2.45) is 23.7 Å². The first kappa shape index (κ1) is 24.5. The number of allylic oxidation sites excluding steroid dienone is 4. The summed E-state index contributed by atoms with van der Waals surface area (Å²) in [6.07, 6.45) is 10.7. The first-order chi connectivity index (χ1) is 15.3. The molecule has 176 valence electrons. The molecule has 1 fully saturated rings. The Morgan fingerprint density at radius 3 is 2.66 bits per heavy atom. The minimum atomic E-state index is -0.663. The average molecular weight is 445 g/mol. The van der Waals surface area contributed by atoms with Crippen LogP contribution in [0.2, 0.25) is 0 Å². The summed E-state index contributed by atoms with van der Waals surface area (Å²) in [7, 11) is 0. The molecule has 6 heteroatoms. The van der Waals surface area contributed by atoms with Gasteiger partial charge in [0, 0.05) is 18.8 Å². The third kappa shape index (κ3) is 5.99. The van der Waals surface area contributed by atoms with Crippen molar-refractivity contribution in [3.63, 3.8) is 0 Å². The van der Waals surface area contributed by atoms with E-state index in [0.29, 0.717) is 32.1 Å². The van der Waals surface area contributed by atoms with E-state index in [1.54, 1.807) is 12.2 Å². The van der Waals surface area contributed by atoms with Gasteiger partial charge < -0.3 is 19.7 Å². The van der Waals surface area contributed by atoms with Crippen molar-refractivity contribution in [1.29, 1.82) is 0 Å². The van der Waals surface area contributed by atoms with Crippen molar-refractivity contribution < 1.29 is 29.3 Å². The Hall–Kier alpha value is -2.18. The standard InChI is InChI=1S/C26H36O6/c1-4-7-17(8-5-2)26(30)32-23-14-19(27)12-18-9-6-10-22(25(18)23)16(3)11-21-13-20(28)15-24(29)31-21/h4-6,9,12,16-17,19-23,25,27-28H,1-2,7-8,10-11,13-15H2,3H3/t16-,19+,20+,21+,22-,23-,25-/m0/s1. The largest absolute Gasteiger partial charge is 0.462 e. The Balaban J connectivity index is 1.76. The zero-order chi connectivity index (χ0) is 23.3. The van der Waals surface area contributed by atoms with E-state index in [4.69, 9.17) is 9.47 Å². The summed E-state index contributed by atoms with van der Waals surface area (Å²) < 4.78 is 11.5. The first-order valence-electron chi connectivity index (χ1n) is 11.7. The normalized spacial score (nSPS) is 33.0. The van der Waals surface area contributed by atoms with Gasteiger partial charge in [0.1, 0.15) is 12.2 Å². The molecular formula is C26H36O6. The molecule has 2 aliphatic carbocycles. The molecule has 2 N–H and O–H groups in total. The summed E-state index contributed by atoms with van der Waals surface area (Å²) in [5, 5.41) is 20.4. The zero-order valence-electron chi connectivity index (χ0n) is 18.9. The minimum absolute atomic E-state index is 0.0281. The molecule has 1 aliphatic heterocycles. The second-order valence-electron chi connectivity index (χ2n) is 9.44. The lowest BCUT2D eigenvalue weighted by atomic mass is 9.66. The van der Waals surface area contributed by atoms with Gasteiger partial charge in [-0.25, -0.2) is 0 Å². The number of hydrogen-bond acceptors (Lipinski definition) is 6. The highest BCUT2D eigenvalue weighted by Gasteiger charge is 2.43. The summed E-state index contributed by atoms with van der Waals surface area (Å²) in [6.45, 7) is 9.60. The van der Waals surface area contributed by atoms with Crippen LogP contribution >= 0.6 is 0 Å². The molecule has 0 bridgehead atoms. The van der Waals surface area contributed by atoms with E-state index in [-0.39, 0.29) is 48.1 Å². The number of rotatable bonds is 9. The Labute approximate surface area is 190 Å². The molecule has 1 heterocycles. The SMILES string of the molecule is C=CCC(CC=C)C(=O)O[C@H]1C[C@H](O)C=C2C=CC[C@@H]([C@@H](C)C[C@@H]3C[C@@H](O)CC(=O)O3)[C@H]21. The number of carbonyl (C=O) groups is 2. The van der Waals surface area contributed by atoms with Crippen molar-refractivity contribution in [3.8, 4) is 0 Å². The molecule has 0 aromatic carbocycles. The highest BCUT2D eigenvalue weighted by Crippen LogP contribution is 2.44. The number of hydrogen-bond donors (Lipinski definition) is 2. The van der Waals surface area contributed by atoms with E-state index < -0.39 is 18.3 Å². The van der Waals surface area contributed by atoms with Gasteiger partial charge in [0.25, 0.3) is 0 Å². The molecule has 7 atom stereocenters. The Morgan fingerprint density at radius 2 is 2.00 bits per heavy atom. The maximum atomic E-state index is 12.9. The molecule has 0 aromatic heterocycles. The van der Waals surface area contributed by atoms with Crippen molar-refractivity contribution in [3.05, 3.63) is 49.1 Å². The zero-order valence-corrected chi connectivity index (χ0v) is 18.9. The smallest absolute Gasteiger partial charge is 0.309 e. The predicted molar refractivity (Wildman–Crippen MR) is 121 cm³/mol. The van der Waals surface area contributed by atoms with Crippen LogP contribution in [0.5, 0.6) is 0 Å². The first-order valence-corrected chi connectivity index (χ1v) is 11.7. The number of aliphatic hydroxyl groups excluding tert-OH is 2. The van der Waals surface area contributed by atoms with Crippen LogP contribution in [0.3, 0.4) is 0 Å². The number of esters is 2. The molecule has 0 spiro atoms. The molecule has 0 amide bonds. The van der Waals surface area contributed by atoms with E-state index in [1.165, 1.54) is 0 Å². The van der Waals surface area contributed by atoms with E-state index in [2.05, 4.69) is 26.2 Å². The highest BCUT2D eigenvalue weighted by atomic mass is 16.6. The van der Waals surface area contributed by atoms with Crippen molar-refractivity contribution in [2.45, 2.75) is 76.3 Å². The molecule has 3 rings (SSSR count). The van der Waals surface area contributed by atoms with Gasteiger partial charge >= 0.3 is 11.9 Å². The quantitative estimate of drug-likeness (QED) is 0.417. The topological polar surface area (TPSA) is 93.1 Å². The fourth-order valence-electron chi connectivity index (χ4n) is 5.44. The molecule has 0 saturated carbocycles. The van der Waals surface area contributed by atoms with Gasteiger partial charge in [-0.05, 0) is 43.1 Å². The van der Waals surface area contributed by atoms with Crippen LogP contribution in [-0.4, -0.2) is 46.6 Å². The van der Waals surface area contributed by atoms with E-state index in [0.717, 1.165) is 12.0 Å². The predicted octanol–water partition coefficient (Wildman–Crippen LogP) is 3.64. The van der Waals surface area contributed by atoms with Crippen LogP contribution in [0.25, 0.3) is 0 Å². The number of fused-ring (bicyclic) bond motifs is 1. The summed E-state index contributed by atoms with van der Waals surface area (Å²) in [6, 6.07) is 0. The Kier molecular flexibility index (Phi) is 8.49. The van der Waals surface area contributed by atoms with E-state index in [1.807, 2.05) is 12.2 Å². The third-order valence-electron chi connectivity index (χ3n) is 6.93. The second-order valence-corrected chi connectivity index (χ2v) is 9.44. The van der Waals surface area contributed by atoms with E-state index in [9.17, 15) is 19.8 Å². The number of carbonyl (C=O) groups excluding carboxylic acids is 2. The fraction of sp³-hybridized carbons (Fsp3) is 0.615. The van der Waals surface area contributed by atoms with Crippen molar-refractivity contribution in [1.82, 2.24) is 0 Å². The highest BCUT2D eigenvalue weighted by molar-refractivity contribution is 5.73. The minimum Gasteiger partial charge on any atom is -0.462 e. The van der Waals surface area contributed by atoms with Gasteiger partial charge in [0.2, 0.25) is 0 Å². The van der Waals surface area contributed by atoms with E-state index >= 15 is 0 Å². The van der Waals surface area contributed by atoms with Crippen LogP contribution in [0.1, 0.15) is 51.9 Å². The van der Waals surface area contributed by atoms with Crippen LogP contribution < -0.4 is 0 Å². The van der Waals surface area contributed by atoms with Crippen LogP contribution in [0.15, 0.2) is 49.1 Å². The molecule has 0 radical (unpaired) electrons. The Morgan fingerprint density at radius 1 is 1.28 bits per heavy atom. The lowest BCUT2D eigenvalue weighted by Crippen LogP contribution is -2.43. The molecule has 1 saturated heterocycles. The van der Waals surface area contributed by atoms with Crippen molar-refractivity contribution in [2.75, 3.05) is 0 Å². The van der Waals surface area contributed by atoms with Crippen LogP contribution in [0, 0.1) is 23.7 Å². The molecule has 6 nitrogen and oxygen atoms in total. The molecule has 0 aromatic rings. The third-order valence-corrected chi connectivity index (χ3v) is 6.93. The maximum Gasteiger partial charge on any atom is 0.309 e. The summed E-state index contributed by atoms with van der Waals surface area (Å²) in [5.41, 5.74) is 0.995. The molecule has 32 heavy (non-hydrogen) atoms. The lowest BCUT2D eigenvalue weighted by Gasteiger charge is -2.43. The van der Waals surface area contributed by atoms with Gasteiger partial charge in [-0.2, -0.15) is 0 Å². The summed E-state index contributed by atoms with van der Waals surface area (Å²) >= 11 is 0. The summed E-state index contributed by atoms with van der Waals surface area (Å²) in [4.78, 5) is 24.7. The second kappa shape index (κ2) is 11.1.